The van der Waals surface area contributed by atoms with Crippen LogP contribution in [0.15, 0.2) is 185 Å². The quantitative estimate of drug-likeness (QED) is 0.183. The van der Waals surface area contributed by atoms with Crippen molar-refractivity contribution in [2.24, 2.45) is 9.98 Å². The second-order valence-electron chi connectivity index (χ2n) is 14.4. The molecule has 7 aromatic carbocycles. The smallest absolute Gasteiger partial charge is 0.160 e. The molecule has 10 rings (SSSR count). The lowest BCUT2D eigenvalue weighted by atomic mass is 9.66. The minimum atomic E-state index is -0.557. The van der Waals surface area contributed by atoms with Gasteiger partial charge in [-0.15, -0.1) is 0 Å². The number of hydrogen-bond donors (Lipinski definition) is 0. The molecule has 3 aliphatic rings. The summed E-state index contributed by atoms with van der Waals surface area (Å²) in [5.74, 6) is 2.39. The maximum Gasteiger partial charge on any atom is 0.160 e. The Bertz CT molecular complexity index is 2760. The lowest BCUT2D eigenvalue weighted by Crippen LogP contribution is -2.32. The van der Waals surface area contributed by atoms with Gasteiger partial charge in [0, 0.05) is 22.3 Å². The summed E-state index contributed by atoms with van der Waals surface area (Å²) in [6.07, 6.45) is 1.56. The van der Waals surface area contributed by atoms with E-state index in [0.717, 1.165) is 74.7 Å². The first-order valence-electron chi connectivity index (χ1n) is 18.8. The molecule has 55 heavy (non-hydrogen) atoms. The van der Waals surface area contributed by atoms with Crippen LogP contribution in [0.5, 0.6) is 11.5 Å². The number of amidine groups is 1. The number of para-hydroxylation sites is 1. The number of nitrogens with zero attached hydrogens (tertiary/aromatic N) is 3. The summed E-state index contributed by atoms with van der Waals surface area (Å²) in [5, 5.41) is 9.39. The molecule has 2 heterocycles. The molecule has 4 nitrogen and oxygen atoms in total. The molecule has 0 saturated carbocycles. The minimum absolute atomic E-state index is 0.557. The van der Waals surface area contributed by atoms with Crippen molar-refractivity contribution in [1.82, 2.24) is 0 Å². The second-order valence-corrected chi connectivity index (χ2v) is 14.4. The standard InChI is InChI=1S/C51H35N3O/c1-33-22-28-46(53-50(54-49(33)36-12-3-2-4-13-36)39-15-11-14-37(30-39)35-25-23-34(32-52)24-26-35)38-27-29-48-45(31-38)51(44-20-9-10-21-47(44)55-48)42-18-7-5-16-40(42)41-17-6-8-19-43(41)51/h2-21,23-27,29-31H,22,28H2,1H3/b49-33+,53-46+,54-50-. The van der Waals surface area contributed by atoms with Crippen LogP contribution in [0.2, 0.25) is 0 Å². The van der Waals surface area contributed by atoms with Crippen LogP contribution >= 0.6 is 0 Å². The highest BCUT2D eigenvalue weighted by molar-refractivity contribution is 6.14. The molecule has 1 spiro atoms. The summed E-state index contributed by atoms with van der Waals surface area (Å²) in [6, 6.07) is 61.5. The topological polar surface area (TPSA) is 57.7 Å². The van der Waals surface area contributed by atoms with E-state index in [4.69, 9.17) is 14.7 Å². The number of nitriles is 1. The summed E-state index contributed by atoms with van der Waals surface area (Å²) < 4.78 is 6.73. The number of rotatable bonds is 4. The van der Waals surface area contributed by atoms with E-state index in [9.17, 15) is 5.26 Å². The van der Waals surface area contributed by atoms with Gasteiger partial charge in [0.2, 0.25) is 0 Å². The Balaban J connectivity index is 1.17. The normalized spacial score (nSPS) is 18.1. The summed E-state index contributed by atoms with van der Waals surface area (Å²) in [4.78, 5) is 10.9. The zero-order valence-electron chi connectivity index (χ0n) is 30.3. The molecule has 0 aromatic heterocycles. The van der Waals surface area contributed by atoms with E-state index in [-0.39, 0.29) is 0 Å². The van der Waals surface area contributed by atoms with Crippen molar-refractivity contribution < 1.29 is 4.74 Å². The number of allylic oxidation sites excluding steroid dienone is 1. The van der Waals surface area contributed by atoms with E-state index in [1.54, 1.807) is 0 Å². The fourth-order valence-corrected chi connectivity index (χ4v) is 8.69. The summed E-state index contributed by atoms with van der Waals surface area (Å²) in [7, 11) is 0. The van der Waals surface area contributed by atoms with Crippen molar-refractivity contribution in [2.45, 2.75) is 25.2 Å². The van der Waals surface area contributed by atoms with Crippen molar-refractivity contribution in [3.63, 3.8) is 0 Å². The molecule has 0 fully saturated rings. The molecular formula is C51H35N3O. The van der Waals surface area contributed by atoms with Crippen LogP contribution in [-0.4, -0.2) is 11.5 Å². The zero-order valence-corrected chi connectivity index (χ0v) is 30.3. The first-order chi connectivity index (χ1) is 27.1. The number of hydrogen-bond acceptors (Lipinski definition) is 4. The van der Waals surface area contributed by atoms with Gasteiger partial charge in [-0.1, -0.05) is 127 Å². The molecular weight excluding hydrogens is 671 g/mol. The summed E-state index contributed by atoms with van der Waals surface area (Å²) >= 11 is 0. The lowest BCUT2D eigenvalue weighted by Gasteiger charge is -2.39. The molecule has 1 aliphatic carbocycles. The molecule has 2 aliphatic heterocycles. The Labute approximate surface area is 321 Å². The van der Waals surface area contributed by atoms with E-state index < -0.39 is 5.41 Å². The number of benzene rings is 7. The van der Waals surface area contributed by atoms with E-state index in [0.29, 0.717) is 11.4 Å². The van der Waals surface area contributed by atoms with Crippen molar-refractivity contribution >= 4 is 17.2 Å². The predicted molar refractivity (Wildman–Crippen MR) is 222 cm³/mol. The van der Waals surface area contributed by atoms with Crippen molar-refractivity contribution in [3.8, 4) is 39.8 Å². The Morgan fingerprint density at radius 3 is 1.87 bits per heavy atom. The van der Waals surface area contributed by atoms with Gasteiger partial charge in [0.15, 0.2) is 5.84 Å². The molecule has 0 atom stereocenters. The number of fused-ring (bicyclic) bond motifs is 9. The predicted octanol–water partition coefficient (Wildman–Crippen LogP) is 12.2. The molecule has 0 bridgehead atoms. The summed E-state index contributed by atoms with van der Waals surface area (Å²) in [5.41, 5.74) is 15.6. The third kappa shape index (κ3) is 5.28. The lowest BCUT2D eigenvalue weighted by molar-refractivity contribution is 0.436. The minimum Gasteiger partial charge on any atom is -0.457 e. The molecule has 0 saturated heterocycles. The Morgan fingerprint density at radius 2 is 1.13 bits per heavy atom. The molecule has 260 valence electrons. The van der Waals surface area contributed by atoms with Crippen LogP contribution in [0.4, 0.5) is 0 Å². The maximum atomic E-state index is 9.39. The monoisotopic (exact) mass is 705 g/mol. The fourth-order valence-electron chi connectivity index (χ4n) is 8.69. The highest BCUT2D eigenvalue weighted by Crippen LogP contribution is 2.62. The Kier molecular flexibility index (Phi) is 7.75. The second kappa shape index (κ2) is 13.1. The number of ether oxygens (including phenoxy) is 1. The molecule has 0 N–H and O–H groups in total. The van der Waals surface area contributed by atoms with Gasteiger partial charge in [-0.3, -0.25) is 0 Å². The van der Waals surface area contributed by atoms with Crippen LogP contribution in [0.25, 0.3) is 28.0 Å². The molecule has 7 aromatic rings. The molecule has 0 amide bonds. The van der Waals surface area contributed by atoms with E-state index in [1.807, 2.05) is 30.3 Å². The highest BCUT2D eigenvalue weighted by atomic mass is 16.5. The maximum absolute atomic E-state index is 9.39. The van der Waals surface area contributed by atoms with E-state index >= 15 is 0 Å². The SMILES string of the molecule is C\C1=C(c2ccccc2)/N=C(c2cccc(-c3ccc(C#N)cc3)c2)\N=C(\c2ccc3c(c2)C2(c4ccccc4O3)c3ccccc3-c3ccccc32)CC1. The summed E-state index contributed by atoms with van der Waals surface area (Å²) in [6.45, 7) is 2.19. The molecule has 4 heteroatoms. The van der Waals surface area contributed by atoms with Crippen molar-refractivity contribution in [1.29, 1.82) is 5.26 Å². The highest BCUT2D eigenvalue weighted by Gasteiger charge is 2.51. The van der Waals surface area contributed by atoms with Crippen LogP contribution in [0.3, 0.4) is 0 Å². The average Bonchev–Trinajstić information content (AvgIpc) is 3.53. The van der Waals surface area contributed by atoms with Crippen LogP contribution in [0.1, 0.15) is 64.3 Å². The molecule has 0 unspecified atom stereocenters. The van der Waals surface area contributed by atoms with Gasteiger partial charge in [-0.05, 0) is 107 Å². The first-order valence-corrected chi connectivity index (χ1v) is 18.8. The molecule has 0 radical (unpaired) electrons. The van der Waals surface area contributed by atoms with Crippen molar-refractivity contribution in [3.05, 3.63) is 220 Å². The van der Waals surface area contributed by atoms with E-state index in [1.165, 1.54) is 27.8 Å². The third-order valence-corrected chi connectivity index (χ3v) is 11.3. The van der Waals surface area contributed by atoms with Crippen LogP contribution in [-0.2, 0) is 5.41 Å². The van der Waals surface area contributed by atoms with Gasteiger partial charge in [0.05, 0.1) is 28.5 Å². The zero-order chi connectivity index (χ0) is 36.9. The first kappa shape index (κ1) is 32.6. The van der Waals surface area contributed by atoms with E-state index in [2.05, 4.69) is 153 Å². The third-order valence-electron chi connectivity index (χ3n) is 11.3. The Hall–Kier alpha value is -7.09. The van der Waals surface area contributed by atoms with Gasteiger partial charge in [-0.2, -0.15) is 5.26 Å². The van der Waals surface area contributed by atoms with Gasteiger partial charge in [0.25, 0.3) is 0 Å². The van der Waals surface area contributed by atoms with Gasteiger partial charge in [-0.25, -0.2) is 9.98 Å². The van der Waals surface area contributed by atoms with Gasteiger partial charge >= 0.3 is 0 Å². The van der Waals surface area contributed by atoms with Crippen molar-refractivity contribution in [2.75, 3.05) is 0 Å². The fraction of sp³-hybridized carbons (Fsp3) is 0.0784. The van der Waals surface area contributed by atoms with Gasteiger partial charge in [0.1, 0.15) is 11.5 Å². The van der Waals surface area contributed by atoms with Crippen LogP contribution < -0.4 is 4.74 Å². The average molecular weight is 706 g/mol. The Morgan fingerprint density at radius 1 is 0.509 bits per heavy atom. The van der Waals surface area contributed by atoms with Crippen LogP contribution in [0, 0.1) is 11.3 Å². The van der Waals surface area contributed by atoms with Gasteiger partial charge < -0.3 is 4.74 Å². The number of aliphatic imine (C=N–C) groups is 2. The largest absolute Gasteiger partial charge is 0.457 e.